The minimum absolute atomic E-state index is 0.0554. The fourth-order valence-electron chi connectivity index (χ4n) is 8.34. The maximum atomic E-state index is 13.0. The normalized spacial score (nSPS) is 19.8. The van der Waals surface area contributed by atoms with Crippen LogP contribution in [0.3, 0.4) is 0 Å². The number of nitrogens with one attached hydrogen (secondary N) is 1. The van der Waals surface area contributed by atoms with Gasteiger partial charge in [0.1, 0.15) is 24.4 Å². The lowest BCUT2D eigenvalue weighted by atomic mass is 9.99. The number of carbonyl (C=O) groups excluding carboxylic acids is 2. The van der Waals surface area contributed by atoms with Crippen LogP contribution in [0.1, 0.15) is 232 Å². The first-order chi connectivity index (χ1) is 33.7. The Balaban J connectivity index is 2.24. The smallest absolute Gasteiger partial charge is 0.305 e. The van der Waals surface area contributed by atoms with Crippen molar-refractivity contribution >= 4 is 11.9 Å². The van der Waals surface area contributed by atoms with Crippen LogP contribution in [0.2, 0.25) is 0 Å². The molecule has 0 spiro atoms. The van der Waals surface area contributed by atoms with Crippen LogP contribution >= 0.6 is 0 Å². The van der Waals surface area contributed by atoms with Crippen molar-refractivity contribution in [2.75, 3.05) is 19.8 Å². The van der Waals surface area contributed by atoms with Gasteiger partial charge in [0.2, 0.25) is 5.91 Å². The number of amides is 1. The molecule has 6 N–H and O–H groups in total. The van der Waals surface area contributed by atoms with Gasteiger partial charge in [-0.3, -0.25) is 9.59 Å². The Kier molecular flexibility index (Phi) is 44.5. The second kappa shape index (κ2) is 47.7. The molecule has 0 aromatic rings. The monoisotopic (exact) mass is 974 g/mol. The Morgan fingerprint density at radius 3 is 1.55 bits per heavy atom. The number of hydrogen-bond acceptors (Lipinski definition) is 10. The van der Waals surface area contributed by atoms with Gasteiger partial charge in [-0.25, -0.2) is 0 Å². The van der Waals surface area contributed by atoms with Gasteiger partial charge in [0.15, 0.2) is 6.29 Å². The van der Waals surface area contributed by atoms with E-state index in [9.17, 15) is 35.1 Å². The molecule has 1 rings (SSSR count). The first-order valence-electron chi connectivity index (χ1n) is 28.1. The van der Waals surface area contributed by atoms with Crippen LogP contribution in [-0.4, -0.2) is 100 Å². The third kappa shape index (κ3) is 37.8. The third-order valence-corrected chi connectivity index (χ3v) is 12.8. The summed E-state index contributed by atoms with van der Waals surface area (Å²) in [4.78, 5) is 25.0. The van der Waals surface area contributed by atoms with E-state index in [0.717, 1.165) is 83.5 Å². The van der Waals surface area contributed by atoms with Gasteiger partial charge in [-0.2, -0.15) is 0 Å². The van der Waals surface area contributed by atoms with Crippen LogP contribution in [0.15, 0.2) is 60.8 Å². The first-order valence-corrected chi connectivity index (χ1v) is 28.1. The molecule has 11 heteroatoms. The Labute approximate surface area is 420 Å². The van der Waals surface area contributed by atoms with Gasteiger partial charge in [-0.1, -0.05) is 203 Å². The summed E-state index contributed by atoms with van der Waals surface area (Å²) in [5.74, 6) is -0.319. The molecular formula is C58H103NO10. The topological polar surface area (TPSA) is 175 Å². The highest BCUT2D eigenvalue weighted by Crippen LogP contribution is 2.23. The van der Waals surface area contributed by atoms with Crippen molar-refractivity contribution in [2.45, 2.75) is 275 Å². The van der Waals surface area contributed by atoms with Crippen molar-refractivity contribution in [1.82, 2.24) is 5.32 Å². The molecule has 7 unspecified atom stereocenters. The lowest BCUT2D eigenvalue weighted by Crippen LogP contribution is -2.60. The van der Waals surface area contributed by atoms with Crippen LogP contribution < -0.4 is 5.32 Å². The summed E-state index contributed by atoms with van der Waals surface area (Å²) in [7, 11) is 0. The molecule has 1 aliphatic heterocycles. The Bertz CT molecular complexity index is 1330. The lowest BCUT2D eigenvalue weighted by Gasteiger charge is -2.40. The molecule has 1 fully saturated rings. The van der Waals surface area contributed by atoms with Gasteiger partial charge < -0.3 is 45.1 Å². The Morgan fingerprint density at radius 1 is 0.536 bits per heavy atom. The van der Waals surface area contributed by atoms with E-state index in [1.54, 1.807) is 6.08 Å². The van der Waals surface area contributed by atoms with Gasteiger partial charge >= 0.3 is 5.97 Å². The maximum Gasteiger partial charge on any atom is 0.305 e. The molecule has 1 aliphatic rings. The lowest BCUT2D eigenvalue weighted by molar-refractivity contribution is -0.302. The molecule has 0 aromatic heterocycles. The van der Waals surface area contributed by atoms with Gasteiger partial charge in [-0.15, -0.1) is 0 Å². The average Bonchev–Trinajstić information content (AvgIpc) is 3.34. The molecule has 0 saturated carbocycles. The van der Waals surface area contributed by atoms with Crippen molar-refractivity contribution in [3.05, 3.63) is 60.8 Å². The summed E-state index contributed by atoms with van der Waals surface area (Å²) in [6.07, 6.45) is 50.2. The molecule has 11 nitrogen and oxygen atoms in total. The highest BCUT2D eigenvalue weighted by Gasteiger charge is 2.44. The van der Waals surface area contributed by atoms with Crippen LogP contribution in [0.25, 0.3) is 0 Å². The van der Waals surface area contributed by atoms with E-state index in [1.807, 2.05) is 18.2 Å². The summed E-state index contributed by atoms with van der Waals surface area (Å²) in [5, 5.41) is 54.3. The molecule has 1 amide bonds. The summed E-state index contributed by atoms with van der Waals surface area (Å²) < 4.78 is 16.6. The summed E-state index contributed by atoms with van der Waals surface area (Å²) in [6, 6.07) is -0.856. The second-order valence-electron chi connectivity index (χ2n) is 19.3. The molecule has 0 aromatic carbocycles. The molecule has 0 radical (unpaired) electrons. The van der Waals surface area contributed by atoms with Crippen LogP contribution in [0.5, 0.6) is 0 Å². The largest absolute Gasteiger partial charge is 0.466 e. The van der Waals surface area contributed by atoms with Gasteiger partial charge in [-0.05, 0) is 77.0 Å². The fourth-order valence-corrected chi connectivity index (χ4v) is 8.34. The first kappa shape index (κ1) is 64.4. The van der Waals surface area contributed by atoms with Crippen molar-refractivity contribution in [2.24, 2.45) is 0 Å². The van der Waals surface area contributed by atoms with Gasteiger partial charge in [0.25, 0.3) is 0 Å². The van der Waals surface area contributed by atoms with Gasteiger partial charge in [0.05, 0.1) is 32.0 Å². The van der Waals surface area contributed by atoms with Gasteiger partial charge in [0, 0.05) is 12.8 Å². The number of aliphatic hydroxyl groups excluding tert-OH is 5. The van der Waals surface area contributed by atoms with E-state index in [0.29, 0.717) is 19.4 Å². The third-order valence-electron chi connectivity index (χ3n) is 12.8. The number of allylic oxidation sites excluding steroid dienone is 9. The number of unbranched alkanes of at least 4 members (excludes halogenated alkanes) is 25. The van der Waals surface area contributed by atoms with E-state index in [2.05, 4.69) is 55.6 Å². The molecule has 1 saturated heterocycles. The van der Waals surface area contributed by atoms with Crippen molar-refractivity contribution in [1.29, 1.82) is 0 Å². The highest BCUT2D eigenvalue weighted by atomic mass is 16.7. The average molecular weight is 974 g/mol. The SMILES string of the molecule is CCC/C=C\C/C=C\CCCCCCCC(=O)OCCCCCCCC/C=C\C/C=C\CCC(=O)NC(COC1OC(CO)C(O)C(O)C1O)C(O)/C=C/CCCCCCCCCCCCCCC. The molecule has 0 bridgehead atoms. The zero-order chi connectivity index (χ0) is 50.3. The standard InChI is InChI=1S/C58H103NO10/c1-3-5-7-9-11-13-15-17-18-21-24-28-32-36-40-44-51(61)50(49-68-58-57(66)56(65)55(64)52(48-60)69-58)59-53(62)45-41-37-33-29-25-22-19-23-27-31-35-39-43-47-67-54(63)46-42-38-34-30-26-20-16-14-12-10-8-6-4-2/h8,10,14,16,22,25,33,37,40,44,50-52,55-58,60-61,64-66H,3-7,9,11-13,15,17-21,23-24,26-32,34-36,38-39,41-43,45-49H2,1-2H3,(H,59,62)/b10-8-,16-14-,25-22-,37-33-,44-40+. The molecule has 69 heavy (non-hydrogen) atoms. The molecular weight excluding hydrogens is 871 g/mol. The zero-order valence-corrected chi connectivity index (χ0v) is 43.8. The van der Waals surface area contributed by atoms with E-state index >= 15 is 0 Å². The van der Waals surface area contributed by atoms with Crippen LogP contribution in [-0.2, 0) is 23.8 Å². The Morgan fingerprint density at radius 2 is 1.01 bits per heavy atom. The highest BCUT2D eigenvalue weighted by molar-refractivity contribution is 5.76. The molecule has 7 atom stereocenters. The quantitative estimate of drug-likeness (QED) is 0.0196. The minimum Gasteiger partial charge on any atom is -0.466 e. The number of rotatable bonds is 47. The molecule has 0 aliphatic carbocycles. The van der Waals surface area contributed by atoms with E-state index in [4.69, 9.17) is 14.2 Å². The van der Waals surface area contributed by atoms with E-state index in [-0.39, 0.29) is 24.9 Å². The van der Waals surface area contributed by atoms with E-state index < -0.39 is 49.5 Å². The van der Waals surface area contributed by atoms with Crippen LogP contribution in [0.4, 0.5) is 0 Å². The number of hydrogen-bond donors (Lipinski definition) is 6. The predicted molar refractivity (Wildman–Crippen MR) is 283 cm³/mol. The summed E-state index contributed by atoms with van der Waals surface area (Å²) >= 11 is 0. The molecule has 1 heterocycles. The number of esters is 1. The fraction of sp³-hybridized carbons (Fsp3) is 0.793. The Hall–Kier alpha value is -2.64. The number of ether oxygens (including phenoxy) is 3. The summed E-state index contributed by atoms with van der Waals surface area (Å²) in [6.45, 7) is 4.17. The van der Waals surface area contributed by atoms with Crippen molar-refractivity contribution in [3.63, 3.8) is 0 Å². The molecule has 400 valence electrons. The van der Waals surface area contributed by atoms with Crippen LogP contribution in [0, 0.1) is 0 Å². The van der Waals surface area contributed by atoms with E-state index in [1.165, 1.54) is 116 Å². The number of carbonyl (C=O) groups is 2. The zero-order valence-electron chi connectivity index (χ0n) is 43.8. The van der Waals surface area contributed by atoms with Crippen molar-refractivity contribution < 1.29 is 49.3 Å². The number of aliphatic hydroxyl groups is 5. The second-order valence-corrected chi connectivity index (χ2v) is 19.3. The van der Waals surface area contributed by atoms with Crippen molar-refractivity contribution in [3.8, 4) is 0 Å². The summed E-state index contributed by atoms with van der Waals surface area (Å²) in [5.41, 5.74) is 0. The minimum atomic E-state index is -1.59. The predicted octanol–water partition coefficient (Wildman–Crippen LogP) is 12.3. The maximum absolute atomic E-state index is 13.0.